The number of amides is 1. The van der Waals surface area contributed by atoms with Crippen LogP contribution in [0.4, 0.5) is 4.39 Å². The summed E-state index contributed by atoms with van der Waals surface area (Å²) in [5.41, 5.74) is 2.72. The van der Waals surface area contributed by atoms with Crippen LogP contribution in [-0.4, -0.2) is 34.8 Å². The zero-order chi connectivity index (χ0) is 19.4. The van der Waals surface area contributed by atoms with Gasteiger partial charge in [0.1, 0.15) is 5.82 Å². The molecule has 1 aliphatic carbocycles. The topological polar surface area (TPSA) is 73.2 Å². The monoisotopic (exact) mass is 373 g/mol. The molecule has 0 aliphatic heterocycles. The van der Waals surface area contributed by atoms with Gasteiger partial charge in [-0.1, -0.05) is 13.8 Å². The van der Waals surface area contributed by atoms with E-state index >= 15 is 0 Å². The Morgan fingerprint density at radius 3 is 2.70 bits per heavy atom. The van der Waals surface area contributed by atoms with Crippen LogP contribution in [0, 0.1) is 11.7 Å². The second kappa shape index (κ2) is 8.33. The van der Waals surface area contributed by atoms with E-state index in [9.17, 15) is 14.0 Å². The van der Waals surface area contributed by atoms with E-state index in [1.54, 1.807) is 16.8 Å². The Bertz CT molecular complexity index is 828. The highest BCUT2D eigenvalue weighted by Gasteiger charge is 2.28. The van der Waals surface area contributed by atoms with Gasteiger partial charge in [-0.3, -0.25) is 4.79 Å². The van der Waals surface area contributed by atoms with E-state index in [2.05, 4.69) is 24.3 Å². The van der Waals surface area contributed by atoms with E-state index in [4.69, 9.17) is 4.74 Å². The van der Waals surface area contributed by atoms with Gasteiger partial charge in [0.15, 0.2) is 12.3 Å². The van der Waals surface area contributed by atoms with Crippen molar-refractivity contribution in [2.75, 3.05) is 13.2 Å². The number of hydrogen-bond donors (Lipinski definition) is 1. The predicted octanol–water partition coefficient (Wildman–Crippen LogP) is 2.82. The third kappa shape index (κ3) is 4.53. The number of fused-ring (bicyclic) bond motifs is 1. The molecular formula is C20H24FN3O3. The lowest BCUT2D eigenvalue weighted by atomic mass is 10.1. The number of carbonyl (C=O) groups excluding carboxylic acids is 2. The number of benzene rings is 1. The Labute approximate surface area is 157 Å². The smallest absolute Gasteiger partial charge is 0.359 e. The van der Waals surface area contributed by atoms with Gasteiger partial charge in [-0.2, -0.15) is 5.10 Å². The van der Waals surface area contributed by atoms with E-state index in [0.29, 0.717) is 18.2 Å². The fourth-order valence-electron chi connectivity index (χ4n) is 3.15. The normalized spacial score (nSPS) is 12.9. The molecule has 0 atom stereocenters. The van der Waals surface area contributed by atoms with Crippen molar-refractivity contribution in [3.63, 3.8) is 0 Å². The molecule has 144 valence electrons. The van der Waals surface area contributed by atoms with Gasteiger partial charge < -0.3 is 10.1 Å². The molecule has 0 unspecified atom stereocenters. The highest BCUT2D eigenvalue weighted by Crippen LogP contribution is 2.28. The maximum atomic E-state index is 13.2. The van der Waals surface area contributed by atoms with Crippen molar-refractivity contribution in [2.45, 2.75) is 39.5 Å². The molecule has 0 spiro atoms. The van der Waals surface area contributed by atoms with Crippen LogP contribution < -0.4 is 5.32 Å². The largest absolute Gasteiger partial charge is 0.451 e. The van der Waals surface area contributed by atoms with Gasteiger partial charge in [-0.25, -0.2) is 13.9 Å². The molecule has 1 amide bonds. The average Bonchev–Trinajstić information content (AvgIpc) is 3.23. The molecule has 0 bridgehead atoms. The van der Waals surface area contributed by atoms with E-state index in [1.807, 2.05) is 0 Å². The summed E-state index contributed by atoms with van der Waals surface area (Å²) in [7, 11) is 0. The number of carbonyl (C=O) groups is 2. The van der Waals surface area contributed by atoms with E-state index < -0.39 is 5.97 Å². The SMILES string of the molecule is CC(C)CCNC(=O)COC(=O)c1nn(-c2ccc(F)cc2)c2c1CCC2. The van der Waals surface area contributed by atoms with Gasteiger partial charge in [0.05, 0.1) is 5.69 Å². The summed E-state index contributed by atoms with van der Waals surface area (Å²) in [6.07, 6.45) is 3.32. The Morgan fingerprint density at radius 1 is 1.26 bits per heavy atom. The van der Waals surface area contributed by atoms with Crippen LogP contribution in [0.3, 0.4) is 0 Å². The third-order valence-corrected chi connectivity index (χ3v) is 4.57. The van der Waals surface area contributed by atoms with Crippen molar-refractivity contribution >= 4 is 11.9 Å². The summed E-state index contributed by atoms with van der Waals surface area (Å²) >= 11 is 0. The molecule has 0 fully saturated rings. The standard InChI is InChI=1S/C20H24FN3O3/c1-13(2)10-11-22-18(25)12-27-20(26)19-16-4-3-5-17(16)24(23-19)15-8-6-14(21)7-9-15/h6-9,13H,3-5,10-12H2,1-2H3,(H,22,25). The van der Waals surface area contributed by atoms with E-state index in [-0.39, 0.29) is 24.0 Å². The lowest BCUT2D eigenvalue weighted by molar-refractivity contribution is -0.124. The summed E-state index contributed by atoms with van der Waals surface area (Å²) < 4.78 is 20.0. The van der Waals surface area contributed by atoms with Crippen molar-refractivity contribution in [1.29, 1.82) is 0 Å². The van der Waals surface area contributed by atoms with Gasteiger partial charge >= 0.3 is 5.97 Å². The molecule has 1 heterocycles. The molecule has 3 rings (SSSR count). The first-order chi connectivity index (χ1) is 13.0. The number of nitrogens with one attached hydrogen (secondary N) is 1. The van der Waals surface area contributed by atoms with Gasteiger partial charge in [0.25, 0.3) is 5.91 Å². The molecule has 0 saturated carbocycles. The molecule has 1 aromatic carbocycles. The summed E-state index contributed by atoms with van der Waals surface area (Å²) in [6, 6.07) is 5.96. The van der Waals surface area contributed by atoms with Gasteiger partial charge in [-0.05, 0) is 55.9 Å². The molecule has 1 aliphatic rings. The highest BCUT2D eigenvalue weighted by atomic mass is 19.1. The lowest BCUT2D eigenvalue weighted by Crippen LogP contribution is -2.30. The Morgan fingerprint density at radius 2 is 2.00 bits per heavy atom. The van der Waals surface area contributed by atoms with Crippen LogP contribution in [0.15, 0.2) is 24.3 Å². The average molecular weight is 373 g/mol. The van der Waals surface area contributed by atoms with Gasteiger partial charge in [0.2, 0.25) is 0 Å². The van der Waals surface area contributed by atoms with Crippen molar-refractivity contribution in [1.82, 2.24) is 15.1 Å². The number of rotatable bonds is 7. The van der Waals surface area contributed by atoms with Crippen LogP contribution in [0.2, 0.25) is 0 Å². The number of ether oxygens (including phenoxy) is 1. The zero-order valence-electron chi connectivity index (χ0n) is 15.6. The molecule has 1 N–H and O–H groups in total. The minimum Gasteiger partial charge on any atom is -0.451 e. The minimum absolute atomic E-state index is 0.238. The molecular weight excluding hydrogens is 349 g/mol. The van der Waals surface area contributed by atoms with Crippen molar-refractivity contribution in [3.05, 3.63) is 47.0 Å². The number of aromatic nitrogens is 2. The third-order valence-electron chi connectivity index (χ3n) is 4.57. The number of halogens is 1. The number of esters is 1. The molecule has 2 aromatic rings. The van der Waals surface area contributed by atoms with Crippen molar-refractivity contribution in [3.8, 4) is 5.69 Å². The second-order valence-electron chi connectivity index (χ2n) is 7.12. The molecule has 7 heteroatoms. The van der Waals surface area contributed by atoms with Crippen LogP contribution in [-0.2, 0) is 22.4 Å². The first-order valence-corrected chi connectivity index (χ1v) is 9.26. The quantitative estimate of drug-likeness (QED) is 0.758. The van der Waals surface area contributed by atoms with Gasteiger partial charge in [-0.15, -0.1) is 0 Å². The summed E-state index contributed by atoms with van der Waals surface area (Å²) in [4.78, 5) is 24.3. The van der Waals surface area contributed by atoms with E-state index in [1.165, 1.54) is 12.1 Å². The fraction of sp³-hybridized carbons (Fsp3) is 0.450. The Kier molecular flexibility index (Phi) is 5.88. The number of nitrogens with zero attached hydrogens (tertiary/aromatic N) is 2. The molecule has 1 aromatic heterocycles. The maximum absolute atomic E-state index is 13.2. The van der Waals surface area contributed by atoms with E-state index in [0.717, 1.165) is 36.9 Å². The van der Waals surface area contributed by atoms with Crippen LogP contribution in [0.25, 0.3) is 5.69 Å². The number of hydrogen-bond acceptors (Lipinski definition) is 4. The van der Waals surface area contributed by atoms with Crippen LogP contribution in [0.5, 0.6) is 0 Å². The summed E-state index contributed by atoms with van der Waals surface area (Å²) in [6.45, 7) is 4.38. The van der Waals surface area contributed by atoms with Gasteiger partial charge in [0, 0.05) is 17.8 Å². The molecule has 0 saturated heterocycles. The summed E-state index contributed by atoms with van der Waals surface area (Å²) in [5.74, 6) is -0.761. The maximum Gasteiger partial charge on any atom is 0.359 e. The second-order valence-corrected chi connectivity index (χ2v) is 7.12. The van der Waals surface area contributed by atoms with Crippen LogP contribution >= 0.6 is 0 Å². The first kappa shape index (κ1) is 19.1. The predicted molar refractivity (Wildman–Crippen MR) is 98.3 cm³/mol. The molecule has 0 radical (unpaired) electrons. The summed E-state index contributed by atoms with van der Waals surface area (Å²) in [5, 5.41) is 7.12. The Balaban J connectivity index is 1.68. The van der Waals surface area contributed by atoms with Crippen molar-refractivity contribution in [2.24, 2.45) is 5.92 Å². The van der Waals surface area contributed by atoms with Crippen LogP contribution in [0.1, 0.15) is 48.4 Å². The van der Waals surface area contributed by atoms with Crippen molar-refractivity contribution < 1.29 is 18.7 Å². The minimum atomic E-state index is -0.604. The zero-order valence-corrected chi connectivity index (χ0v) is 15.6. The molecule has 27 heavy (non-hydrogen) atoms. The Hall–Kier alpha value is -2.70. The first-order valence-electron chi connectivity index (χ1n) is 9.26. The lowest BCUT2D eigenvalue weighted by Gasteiger charge is -2.07. The molecule has 6 nitrogen and oxygen atoms in total. The highest BCUT2D eigenvalue weighted by molar-refractivity contribution is 5.91. The fourth-order valence-corrected chi connectivity index (χ4v) is 3.15.